The highest BCUT2D eigenvalue weighted by Gasteiger charge is 2.22. The molecule has 0 bridgehead atoms. The van der Waals surface area contributed by atoms with Gasteiger partial charge in [0, 0.05) is 35.5 Å². The summed E-state index contributed by atoms with van der Waals surface area (Å²) in [5.74, 6) is 6.09. The summed E-state index contributed by atoms with van der Waals surface area (Å²) in [5.41, 5.74) is 0.130. The first-order valence-electron chi connectivity index (χ1n) is 11.7. The second-order valence-corrected chi connectivity index (χ2v) is 9.46. The molecular weight excluding hydrogens is 526 g/mol. The maximum atomic E-state index is 13.6. The third-order valence-electron chi connectivity index (χ3n) is 5.78. The lowest BCUT2D eigenvalue weighted by Crippen LogP contribution is -2.19. The Balaban J connectivity index is 1.60. The molecule has 0 atom stereocenters. The number of ether oxygens (including phenoxy) is 1. The van der Waals surface area contributed by atoms with Crippen molar-refractivity contribution < 1.29 is 18.3 Å². The predicted octanol–water partition coefficient (Wildman–Crippen LogP) is 4.75. The Labute approximate surface area is 225 Å². The highest BCUT2D eigenvalue weighted by atomic mass is 32.1. The van der Waals surface area contributed by atoms with Crippen LogP contribution in [0.25, 0.3) is 23.0 Å². The van der Waals surface area contributed by atoms with Crippen LogP contribution in [-0.2, 0) is 0 Å². The van der Waals surface area contributed by atoms with E-state index in [-0.39, 0.29) is 38.9 Å². The molecule has 39 heavy (non-hydrogen) atoms. The van der Waals surface area contributed by atoms with E-state index in [1.807, 2.05) is 0 Å². The number of nitrogens with one attached hydrogen (secondary N) is 1. The first-order valence-corrected chi connectivity index (χ1v) is 12.5. The van der Waals surface area contributed by atoms with Gasteiger partial charge in [-0.2, -0.15) is 0 Å². The Morgan fingerprint density at radius 2 is 2.05 bits per heavy atom. The minimum atomic E-state index is -2.86. The topological polar surface area (TPSA) is 112 Å². The van der Waals surface area contributed by atoms with Crippen LogP contribution in [0.4, 0.5) is 13.9 Å². The van der Waals surface area contributed by atoms with Gasteiger partial charge in [-0.15, -0.1) is 10.2 Å². The van der Waals surface area contributed by atoms with Crippen molar-refractivity contribution in [1.82, 2.24) is 24.7 Å². The van der Waals surface area contributed by atoms with Crippen LogP contribution in [0.5, 0.6) is 5.75 Å². The summed E-state index contributed by atoms with van der Waals surface area (Å²) in [6.07, 6.45) is 4.76. The molecule has 4 aromatic heterocycles. The summed E-state index contributed by atoms with van der Waals surface area (Å²) in [6.45, 7) is 3.71. The number of carbonyl (C=O) groups is 1. The SMILES string of the molecule is C=Cc1ccc(=O)n(-c2cc(-c3cc(C(F)F)ncc3OC)c(C(=O)Nc3nnc(C#CC4CC4)s3)cn2)c1. The fraction of sp³-hybridized carbons (Fsp3) is 0.185. The summed E-state index contributed by atoms with van der Waals surface area (Å²) < 4.78 is 33.8. The number of halogens is 2. The molecule has 1 saturated carbocycles. The lowest BCUT2D eigenvalue weighted by Gasteiger charge is -2.15. The molecule has 1 N–H and O–H groups in total. The molecule has 196 valence electrons. The van der Waals surface area contributed by atoms with E-state index >= 15 is 0 Å². The average molecular weight is 547 g/mol. The number of pyridine rings is 3. The van der Waals surface area contributed by atoms with Gasteiger partial charge in [-0.1, -0.05) is 29.9 Å². The number of aromatic nitrogens is 5. The van der Waals surface area contributed by atoms with Crippen molar-refractivity contribution in [2.45, 2.75) is 19.3 Å². The van der Waals surface area contributed by atoms with Gasteiger partial charge in [0.25, 0.3) is 17.9 Å². The zero-order valence-electron chi connectivity index (χ0n) is 20.5. The van der Waals surface area contributed by atoms with E-state index in [0.717, 1.165) is 36.4 Å². The van der Waals surface area contributed by atoms with Crippen LogP contribution >= 0.6 is 11.3 Å². The maximum Gasteiger partial charge on any atom is 0.280 e. The van der Waals surface area contributed by atoms with Crippen LogP contribution in [0.15, 0.2) is 54.2 Å². The summed E-state index contributed by atoms with van der Waals surface area (Å²) in [6, 6.07) is 5.53. The smallest absolute Gasteiger partial charge is 0.280 e. The van der Waals surface area contributed by atoms with Gasteiger partial charge in [-0.3, -0.25) is 24.5 Å². The molecule has 1 aliphatic carbocycles. The summed E-state index contributed by atoms with van der Waals surface area (Å²) in [5, 5.41) is 11.3. The standard InChI is InChI=1S/C27H20F2N6O3S/c1-3-15-7-9-24(36)35(14-15)22-11-17(18-10-20(25(28)29)30-13-21(18)38-2)19(12-31-22)26(37)32-27-34-33-23(39-27)8-6-16-4-5-16/h3,7,9-14,16,25H,1,4-5H2,2H3,(H,32,34,37). The normalized spacial score (nSPS) is 12.5. The van der Waals surface area contributed by atoms with Crippen molar-refractivity contribution in [2.75, 3.05) is 12.4 Å². The Hall–Kier alpha value is -4.76. The van der Waals surface area contributed by atoms with Crippen LogP contribution < -0.4 is 15.6 Å². The molecular formula is C27H20F2N6O3S. The van der Waals surface area contributed by atoms with E-state index in [2.05, 4.69) is 43.9 Å². The molecule has 4 aromatic rings. The van der Waals surface area contributed by atoms with Crippen molar-refractivity contribution in [1.29, 1.82) is 0 Å². The number of amides is 1. The van der Waals surface area contributed by atoms with Crippen molar-refractivity contribution in [2.24, 2.45) is 5.92 Å². The van der Waals surface area contributed by atoms with E-state index in [9.17, 15) is 18.4 Å². The molecule has 1 amide bonds. The van der Waals surface area contributed by atoms with Gasteiger partial charge in [0.05, 0.1) is 18.9 Å². The van der Waals surface area contributed by atoms with E-state index < -0.39 is 18.0 Å². The fourth-order valence-electron chi connectivity index (χ4n) is 3.61. The van der Waals surface area contributed by atoms with Gasteiger partial charge in [0.1, 0.15) is 17.3 Å². The average Bonchev–Trinajstić information content (AvgIpc) is 3.68. The van der Waals surface area contributed by atoms with E-state index in [1.165, 1.54) is 36.2 Å². The molecule has 0 aliphatic heterocycles. The second-order valence-electron chi connectivity index (χ2n) is 8.48. The molecule has 5 rings (SSSR count). The molecule has 1 fully saturated rings. The van der Waals surface area contributed by atoms with Gasteiger partial charge in [-0.25, -0.2) is 13.8 Å². The number of carbonyl (C=O) groups excluding carboxylic acids is 1. The van der Waals surface area contributed by atoms with Gasteiger partial charge in [-0.05, 0) is 42.5 Å². The number of rotatable bonds is 7. The first kappa shape index (κ1) is 25.9. The molecule has 9 nitrogen and oxygen atoms in total. The zero-order chi connectivity index (χ0) is 27.5. The van der Waals surface area contributed by atoms with Crippen LogP contribution in [-0.4, -0.2) is 37.7 Å². The van der Waals surface area contributed by atoms with Crippen LogP contribution in [0.3, 0.4) is 0 Å². The highest BCUT2D eigenvalue weighted by molar-refractivity contribution is 7.15. The summed E-state index contributed by atoms with van der Waals surface area (Å²) >= 11 is 1.11. The van der Waals surface area contributed by atoms with Crippen molar-refractivity contribution in [3.8, 4) is 34.5 Å². The van der Waals surface area contributed by atoms with Crippen molar-refractivity contribution in [3.63, 3.8) is 0 Å². The monoisotopic (exact) mass is 546 g/mol. The number of methoxy groups -OCH3 is 1. The van der Waals surface area contributed by atoms with Crippen molar-refractivity contribution in [3.05, 3.63) is 81.6 Å². The Kier molecular flexibility index (Phi) is 7.25. The molecule has 0 saturated heterocycles. The van der Waals surface area contributed by atoms with Gasteiger partial charge < -0.3 is 4.74 Å². The van der Waals surface area contributed by atoms with Gasteiger partial charge in [0.15, 0.2) is 5.01 Å². The third-order valence-corrected chi connectivity index (χ3v) is 6.53. The summed E-state index contributed by atoms with van der Waals surface area (Å²) in [7, 11) is 1.36. The molecule has 4 heterocycles. The Morgan fingerprint density at radius 3 is 2.77 bits per heavy atom. The number of nitrogens with zero attached hydrogens (tertiary/aromatic N) is 5. The summed E-state index contributed by atoms with van der Waals surface area (Å²) in [4.78, 5) is 34.1. The van der Waals surface area contributed by atoms with Crippen molar-refractivity contribution >= 4 is 28.5 Å². The number of hydrogen-bond donors (Lipinski definition) is 1. The second kappa shape index (κ2) is 10.9. The quantitative estimate of drug-likeness (QED) is 0.333. The lowest BCUT2D eigenvalue weighted by atomic mass is 10.00. The minimum Gasteiger partial charge on any atom is -0.494 e. The van der Waals surface area contributed by atoms with Gasteiger partial charge in [0.2, 0.25) is 5.13 Å². The van der Waals surface area contributed by atoms with Gasteiger partial charge >= 0.3 is 0 Å². The molecule has 1 aliphatic rings. The third kappa shape index (κ3) is 5.73. The molecule has 0 spiro atoms. The number of alkyl halides is 2. The molecule has 0 radical (unpaired) electrons. The highest BCUT2D eigenvalue weighted by Crippen LogP contribution is 2.35. The Bertz CT molecular complexity index is 1700. The number of hydrogen-bond acceptors (Lipinski definition) is 8. The largest absolute Gasteiger partial charge is 0.494 e. The molecule has 12 heteroatoms. The minimum absolute atomic E-state index is 0.0252. The van der Waals surface area contributed by atoms with E-state index in [1.54, 1.807) is 12.1 Å². The van der Waals surface area contributed by atoms with Crippen LogP contribution in [0, 0.1) is 17.8 Å². The molecule has 0 aromatic carbocycles. The maximum absolute atomic E-state index is 13.6. The first-order chi connectivity index (χ1) is 18.9. The van der Waals surface area contributed by atoms with E-state index in [0.29, 0.717) is 16.5 Å². The number of anilines is 1. The lowest BCUT2D eigenvalue weighted by molar-refractivity contribution is 0.102. The fourth-order valence-corrected chi connectivity index (χ4v) is 4.21. The van der Waals surface area contributed by atoms with Crippen LogP contribution in [0.1, 0.15) is 45.9 Å². The zero-order valence-corrected chi connectivity index (χ0v) is 21.3. The predicted molar refractivity (Wildman–Crippen MR) is 142 cm³/mol. The Morgan fingerprint density at radius 1 is 1.23 bits per heavy atom. The molecule has 0 unspecified atom stereocenters. The van der Waals surface area contributed by atoms with Crippen LogP contribution in [0.2, 0.25) is 0 Å². The van der Waals surface area contributed by atoms with E-state index in [4.69, 9.17) is 4.74 Å².